The van der Waals surface area contributed by atoms with Crippen molar-refractivity contribution in [1.82, 2.24) is 5.32 Å². The van der Waals surface area contributed by atoms with E-state index in [1.807, 2.05) is 0 Å². The average molecular weight is 314 g/mol. The maximum absolute atomic E-state index is 12.0. The molecule has 0 bridgehead atoms. The van der Waals surface area contributed by atoms with Crippen LogP contribution in [0.2, 0.25) is 0 Å². The van der Waals surface area contributed by atoms with Gasteiger partial charge in [0.05, 0.1) is 0 Å². The first kappa shape index (κ1) is 15.0. The number of aromatic hydroxyl groups is 1. The molecule has 3 nitrogen and oxygen atoms in total. The smallest absolute Gasteiger partial charge is 0.251 e. The van der Waals surface area contributed by atoms with Gasteiger partial charge in [-0.15, -0.1) is 0 Å². The predicted octanol–water partition coefficient (Wildman–Crippen LogP) is 3.24. The quantitative estimate of drug-likeness (QED) is 0.820. The zero-order chi connectivity index (χ0) is 13.8. The third kappa shape index (κ3) is 4.33. The molecule has 0 atom stereocenters. The molecule has 0 radical (unpaired) electrons. The summed E-state index contributed by atoms with van der Waals surface area (Å²) in [5.41, 5.74) is 1.37. The molecule has 1 rings (SSSR count). The van der Waals surface area contributed by atoms with Gasteiger partial charge in [0.25, 0.3) is 5.91 Å². The van der Waals surface area contributed by atoms with Gasteiger partial charge in [0.1, 0.15) is 5.75 Å². The Morgan fingerprint density at radius 3 is 2.67 bits per heavy atom. The number of phenols is 1. The molecule has 0 unspecified atom stereocenters. The molecule has 0 aliphatic rings. The Morgan fingerprint density at radius 1 is 1.44 bits per heavy atom. The van der Waals surface area contributed by atoms with Crippen molar-refractivity contribution < 1.29 is 9.90 Å². The fourth-order valence-corrected chi connectivity index (χ4v) is 2.64. The average Bonchev–Trinajstić information content (AvgIpc) is 2.30. The number of alkyl halides is 1. The van der Waals surface area contributed by atoms with Crippen LogP contribution in [0.1, 0.15) is 36.2 Å². The fourth-order valence-electron chi connectivity index (χ4n) is 1.56. The lowest BCUT2D eigenvalue weighted by atomic mass is 9.90. The standard InChI is InChI=1S/C14H20BrNO2/c1-10-8-11(4-5-12(10)17)13(18)16-9-14(2,3)6-7-15/h4-5,8,17H,6-7,9H2,1-3H3,(H,16,18). The third-order valence-corrected chi connectivity index (χ3v) is 3.35. The van der Waals surface area contributed by atoms with Gasteiger partial charge in [-0.05, 0) is 42.5 Å². The molecular formula is C14H20BrNO2. The van der Waals surface area contributed by atoms with E-state index < -0.39 is 0 Å². The monoisotopic (exact) mass is 313 g/mol. The highest BCUT2D eigenvalue weighted by Crippen LogP contribution is 2.21. The van der Waals surface area contributed by atoms with Gasteiger partial charge in [-0.1, -0.05) is 29.8 Å². The first-order valence-electron chi connectivity index (χ1n) is 5.99. The number of phenolic OH excluding ortho intramolecular Hbond substituents is 1. The lowest BCUT2D eigenvalue weighted by Gasteiger charge is -2.23. The number of carbonyl (C=O) groups is 1. The van der Waals surface area contributed by atoms with Crippen LogP contribution in [0.4, 0.5) is 0 Å². The number of benzene rings is 1. The van der Waals surface area contributed by atoms with Crippen molar-refractivity contribution in [2.45, 2.75) is 27.2 Å². The Balaban J connectivity index is 2.63. The summed E-state index contributed by atoms with van der Waals surface area (Å²) in [5, 5.41) is 13.3. The van der Waals surface area contributed by atoms with Crippen molar-refractivity contribution >= 4 is 21.8 Å². The molecule has 0 heterocycles. The Morgan fingerprint density at radius 2 is 2.11 bits per heavy atom. The molecule has 0 aromatic heterocycles. The first-order chi connectivity index (χ1) is 8.35. The van der Waals surface area contributed by atoms with Crippen molar-refractivity contribution in [3.63, 3.8) is 0 Å². The lowest BCUT2D eigenvalue weighted by Crippen LogP contribution is -2.34. The summed E-state index contributed by atoms with van der Waals surface area (Å²) in [6.07, 6.45) is 1.00. The van der Waals surface area contributed by atoms with Gasteiger partial charge in [-0.3, -0.25) is 4.79 Å². The topological polar surface area (TPSA) is 49.3 Å². The first-order valence-corrected chi connectivity index (χ1v) is 7.12. The summed E-state index contributed by atoms with van der Waals surface area (Å²) in [4.78, 5) is 12.0. The molecular weight excluding hydrogens is 294 g/mol. The molecule has 4 heteroatoms. The highest BCUT2D eigenvalue weighted by Gasteiger charge is 2.18. The van der Waals surface area contributed by atoms with Crippen LogP contribution in [0.5, 0.6) is 5.75 Å². The van der Waals surface area contributed by atoms with Crippen molar-refractivity contribution in [3.05, 3.63) is 29.3 Å². The minimum absolute atomic E-state index is 0.0745. The highest BCUT2D eigenvalue weighted by atomic mass is 79.9. The van der Waals surface area contributed by atoms with Crippen LogP contribution in [-0.2, 0) is 0 Å². The summed E-state index contributed by atoms with van der Waals surface area (Å²) in [6.45, 7) is 6.66. The van der Waals surface area contributed by atoms with Crippen LogP contribution in [0.15, 0.2) is 18.2 Å². The van der Waals surface area contributed by atoms with Crippen LogP contribution in [-0.4, -0.2) is 22.9 Å². The van der Waals surface area contributed by atoms with Gasteiger partial charge >= 0.3 is 0 Å². The van der Waals surface area contributed by atoms with E-state index in [0.717, 1.165) is 11.8 Å². The van der Waals surface area contributed by atoms with Crippen LogP contribution < -0.4 is 5.32 Å². The lowest BCUT2D eigenvalue weighted by molar-refractivity contribution is 0.0936. The summed E-state index contributed by atoms with van der Waals surface area (Å²) in [5.74, 6) is 0.118. The molecule has 100 valence electrons. The van der Waals surface area contributed by atoms with Crippen LogP contribution in [0.3, 0.4) is 0 Å². The van der Waals surface area contributed by atoms with Gasteiger partial charge in [-0.25, -0.2) is 0 Å². The molecule has 1 aromatic rings. The zero-order valence-electron chi connectivity index (χ0n) is 11.1. The number of carbonyl (C=O) groups excluding carboxylic acids is 1. The van der Waals surface area contributed by atoms with Crippen LogP contribution in [0, 0.1) is 12.3 Å². The Bertz CT molecular complexity index is 430. The number of halogens is 1. The van der Waals surface area contributed by atoms with Gasteiger partial charge in [0.15, 0.2) is 0 Å². The normalized spacial score (nSPS) is 11.3. The van der Waals surface area contributed by atoms with Crippen molar-refractivity contribution in [2.24, 2.45) is 5.41 Å². The second-order valence-corrected chi connectivity index (χ2v) is 6.08. The molecule has 18 heavy (non-hydrogen) atoms. The zero-order valence-corrected chi connectivity index (χ0v) is 12.7. The number of aryl methyl sites for hydroxylation is 1. The van der Waals surface area contributed by atoms with E-state index in [2.05, 4.69) is 35.1 Å². The van der Waals surface area contributed by atoms with Crippen LogP contribution >= 0.6 is 15.9 Å². The minimum atomic E-state index is -0.0965. The Labute approximate surface area is 117 Å². The van der Waals surface area contributed by atoms with Gasteiger partial charge in [-0.2, -0.15) is 0 Å². The molecule has 0 spiro atoms. The Hall–Kier alpha value is -1.03. The molecule has 0 aliphatic heterocycles. The minimum Gasteiger partial charge on any atom is -0.508 e. The van der Waals surface area contributed by atoms with E-state index in [9.17, 15) is 9.90 Å². The van der Waals surface area contributed by atoms with E-state index in [1.165, 1.54) is 0 Å². The molecule has 1 amide bonds. The maximum Gasteiger partial charge on any atom is 0.251 e. The number of hydrogen-bond acceptors (Lipinski definition) is 2. The largest absolute Gasteiger partial charge is 0.508 e. The van der Waals surface area contributed by atoms with E-state index >= 15 is 0 Å². The molecule has 0 saturated heterocycles. The second kappa shape index (κ2) is 6.23. The van der Waals surface area contributed by atoms with E-state index in [0.29, 0.717) is 17.7 Å². The second-order valence-electron chi connectivity index (χ2n) is 5.29. The van der Waals surface area contributed by atoms with Crippen molar-refractivity contribution in [1.29, 1.82) is 0 Å². The highest BCUT2D eigenvalue weighted by molar-refractivity contribution is 9.09. The van der Waals surface area contributed by atoms with E-state index in [1.54, 1.807) is 25.1 Å². The summed E-state index contributed by atoms with van der Waals surface area (Å²) in [7, 11) is 0. The Kier molecular flexibility index (Phi) is 5.20. The van der Waals surface area contributed by atoms with Gasteiger partial charge in [0, 0.05) is 17.4 Å². The molecule has 0 saturated carbocycles. The number of amides is 1. The third-order valence-electron chi connectivity index (χ3n) is 2.96. The molecule has 1 aromatic carbocycles. The number of rotatable bonds is 5. The van der Waals surface area contributed by atoms with Gasteiger partial charge in [0.2, 0.25) is 0 Å². The maximum atomic E-state index is 12.0. The SMILES string of the molecule is Cc1cc(C(=O)NCC(C)(C)CCBr)ccc1O. The number of hydrogen-bond donors (Lipinski definition) is 2. The summed E-state index contributed by atoms with van der Waals surface area (Å²) >= 11 is 3.41. The number of nitrogens with one attached hydrogen (secondary N) is 1. The van der Waals surface area contributed by atoms with Crippen molar-refractivity contribution in [2.75, 3.05) is 11.9 Å². The molecule has 0 fully saturated rings. The fraction of sp³-hybridized carbons (Fsp3) is 0.500. The van der Waals surface area contributed by atoms with E-state index in [-0.39, 0.29) is 17.1 Å². The van der Waals surface area contributed by atoms with Crippen molar-refractivity contribution in [3.8, 4) is 5.75 Å². The summed E-state index contributed by atoms with van der Waals surface area (Å²) < 4.78 is 0. The molecule has 2 N–H and O–H groups in total. The van der Waals surface area contributed by atoms with Gasteiger partial charge < -0.3 is 10.4 Å². The molecule has 0 aliphatic carbocycles. The predicted molar refractivity (Wildman–Crippen MR) is 77.4 cm³/mol. The summed E-state index contributed by atoms with van der Waals surface area (Å²) in [6, 6.07) is 4.88. The van der Waals surface area contributed by atoms with E-state index in [4.69, 9.17) is 0 Å². The van der Waals surface area contributed by atoms with Crippen LogP contribution in [0.25, 0.3) is 0 Å².